The standard InChI is InChI=1S/C16H27N3O/c1-5-6-12-19(3)16(17-2)18-13-15(20-4)14-10-8-7-9-11-14/h7-11,15H,5-6,12-13H2,1-4H3,(H,17,18). The van der Waals surface area contributed by atoms with Gasteiger partial charge in [-0.2, -0.15) is 0 Å². The third-order valence-corrected chi connectivity index (χ3v) is 3.32. The number of nitrogens with one attached hydrogen (secondary N) is 1. The summed E-state index contributed by atoms with van der Waals surface area (Å²) in [6.07, 6.45) is 2.39. The van der Waals surface area contributed by atoms with E-state index in [0.717, 1.165) is 12.5 Å². The molecular weight excluding hydrogens is 250 g/mol. The summed E-state index contributed by atoms with van der Waals surface area (Å²) >= 11 is 0. The number of guanidine groups is 1. The van der Waals surface area contributed by atoms with Crippen LogP contribution in [0, 0.1) is 0 Å². The first-order valence-corrected chi connectivity index (χ1v) is 7.22. The van der Waals surface area contributed by atoms with Crippen LogP contribution in [0.25, 0.3) is 0 Å². The zero-order valence-corrected chi connectivity index (χ0v) is 13.1. The van der Waals surface area contributed by atoms with Gasteiger partial charge in [-0.25, -0.2) is 0 Å². The Morgan fingerprint density at radius 2 is 2.05 bits per heavy atom. The van der Waals surface area contributed by atoms with E-state index in [9.17, 15) is 0 Å². The van der Waals surface area contributed by atoms with Gasteiger partial charge in [0.25, 0.3) is 0 Å². The van der Waals surface area contributed by atoms with E-state index in [1.54, 1.807) is 7.11 Å². The molecule has 0 saturated heterocycles. The predicted molar refractivity (Wildman–Crippen MR) is 85.1 cm³/mol. The zero-order valence-electron chi connectivity index (χ0n) is 13.1. The van der Waals surface area contributed by atoms with Crippen LogP contribution in [0.4, 0.5) is 0 Å². The van der Waals surface area contributed by atoms with Gasteiger partial charge >= 0.3 is 0 Å². The normalized spacial score (nSPS) is 13.1. The number of hydrogen-bond acceptors (Lipinski definition) is 2. The lowest BCUT2D eigenvalue weighted by Crippen LogP contribution is -2.41. The Bertz CT molecular complexity index is 392. The molecular formula is C16H27N3O. The molecule has 1 atom stereocenters. The molecule has 1 aromatic rings. The Hall–Kier alpha value is -1.55. The van der Waals surface area contributed by atoms with E-state index < -0.39 is 0 Å². The maximum absolute atomic E-state index is 5.56. The fourth-order valence-electron chi connectivity index (χ4n) is 2.07. The predicted octanol–water partition coefficient (Wildman–Crippen LogP) is 2.68. The van der Waals surface area contributed by atoms with Crippen LogP contribution in [-0.2, 0) is 4.74 Å². The molecule has 0 heterocycles. The highest BCUT2D eigenvalue weighted by Crippen LogP contribution is 2.14. The molecule has 1 unspecified atom stereocenters. The Kier molecular flexibility index (Phi) is 7.73. The van der Waals surface area contributed by atoms with Crippen LogP contribution < -0.4 is 5.32 Å². The number of ether oxygens (including phenoxy) is 1. The highest BCUT2D eigenvalue weighted by molar-refractivity contribution is 5.79. The molecule has 4 nitrogen and oxygen atoms in total. The van der Waals surface area contributed by atoms with Gasteiger partial charge in [0.1, 0.15) is 0 Å². The van der Waals surface area contributed by atoms with Crippen molar-refractivity contribution in [2.24, 2.45) is 4.99 Å². The van der Waals surface area contributed by atoms with Crippen molar-refractivity contribution >= 4 is 5.96 Å². The van der Waals surface area contributed by atoms with E-state index in [2.05, 4.69) is 41.3 Å². The molecule has 1 N–H and O–H groups in total. The SMILES string of the molecule is CCCCN(C)C(=NC)NCC(OC)c1ccccc1. The highest BCUT2D eigenvalue weighted by Gasteiger charge is 2.12. The summed E-state index contributed by atoms with van der Waals surface area (Å²) < 4.78 is 5.56. The minimum absolute atomic E-state index is 0.0347. The number of rotatable bonds is 7. The van der Waals surface area contributed by atoms with Crippen molar-refractivity contribution < 1.29 is 4.74 Å². The number of hydrogen-bond donors (Lipinski definition) is 1. The van der Waals surface area contributed by atoms with Gasteiger partial charge in [-0.1, -0.05) is 43.7 Å². The summed E-state index contributed by atoms with van der Waals surface area (Å²) in [6, 6.07) is 10.2. The van der Waals surface area contributed by atoms with Crippen molar-refractivity contribution in [3.8, 4) is 0 Å². The third-order valence-electron chi connectivity index (χ3n) is 3.32. The minimum atomic E-state index is 0.0347. The number of aliphatic imine (C=N–C) groups is 1. The summed E-state index contributed by atoms with van der Waals surface area (Å²) in [7, 11) is 5.62. The smallest absolute Gasteiger partial charge is 0.193 e. The van der Waals surface area contributed by atoms with Crippen molar-refractivity contribution in [1.82, 2.24) is 10.2 Å². The first-order chi connectivity index (χ1) is 9.72. The van der Waals surface area contributed by atoms with Crippen LogP contribution >= 0.6 is 0 Å². The second-order valence-electron chi connectivity index (χ2n) is 4.84. The molecule has 0 radical (unpaired) electrons. The van der Waals surface area contributed by atoms with Gasteiger partial charge in [-0.3, -0.25) is 4.99 Å². The molecule has 1 aromatic carbocycles. The molecule has 112 valence electrons. The molecule has 0 fully saturated rings. The molecule has 0 aliphatic heterocycles. The first-order valence-electron chi connectivity index (χ1n) is 7.22. The Morgan fingerprint density at radius 1 is 1.35 bits per heavy atom. The largest absolute Gasteiger partial charge is 0.375 e. The average Bonchev–Trinajstić information content (AvgIpc) is 2.50. The molecule has 0 amide bonds. The van der Waals surface area contributed by atoms with Crippen LogP contribution in [0.2, 0.25) is 0 Å². The van der Waals surface area contributed by atoms with Gasteiger partial charge < -0.3 is 15.0 Å². The quantitative estimate of drug-likeness (QED) is 0.615. The van der Waals surface area contributed by atoms with Crippen LogP contribution in [-0.4, -0.2) is 45.2 Å². The van der Waals surface area contributed by atoms with Crippen LogP contribution in [0.1, 0.15) is 31.4 Å². The van der Waals surface area contributed by atoms with E-state index in [-0.39, 0.29) is 6.10 Å². The van der Waals surface area contributed by atoms with E-state index in [4.69, 9.17) is 4.74 Å². The molecule has 0 aromatic heterocycles. The lowest BCUT2D eigenvalue weighted by Gasteiger charge is -2.24. The highest BCUT2D eigenvalue weighted by atomic mass is 16.5. The number of benzene rings is 1. The van der Waals surface area contributed by atoms with Crippen LogP contribution in [0.15, 0.2) is 35.3 Å². The van der Waals surface area contributed by atoms with Crippen molar-refractivity contribution in [2.45, 2.75) is 25.9 Å². The summed E-state index contributed by atoms with van der Waals surface area (Å²) in [6.45, 7) is 3.92. The van der Waals surface area contributed by atoms with Crippen molar-refractivity contribution in [3.63, 3.8) is 0 Å². The zero-order chi connectivity index (χ0) is 14.8. The Morgan fingerprint density at radius 3 is 2.60 bits per heavy atom. The molecule has 0 saturated carbocycles. The van der Waals surface area contributed by atoms with Gasteiger partial charge in [-0.15, -0.1) is 0 Å². The van der Waals surface area contributed by atoms with Gasteiger partial charge in [0, 0.05) is 34.3 Å². The Labute approximate surface area is 122 Å². The number of methoxy groups -OCH3 is 1. The van der Waals surface area contributed by atoms with Gasteiger partial charge in [0.2, 0.25) is 0 Å². The van der Waals surface area contributed by atoms with Crippen molar-refractivity contribution in [2.75, 3.05) is 34.3 Å². The molecule has 0 bridgehead atoms. The molecule has 4 heteroatoms. The fraction of sp³-hybridized carbons (Fsp3) is 0.562. The van der Waals surface area contributed by atoms with Crippen molar-refractivity contribution in [3.05, 3.63) is 35.9 Å². The molecule has 0 aliphatic rings. The van der Waals surface area contributed by atoms with Crippen molar-refractivity contribution in [1.29, 1.82) is 0 Å². The van der Waals surface area contributed by atoms with Gasteiger partial charge in [0.15, 0.2) is 5.96 Å². The monoisotopic (exact) mass is 277 g/mol. The van der Waals surface area contributed by atoms with Gasteiger partial charge in [0.05, 0.1) is 6.10 Å². The first kappa shape index (κ1) is 16.5. The number of unbranched alkanes of at least 4 members (excludes halogenated alkanes) is 1. The maximum atomic E-state index is 5.56. The molecule has 0 spiro atoms. The van der Waals surface area contributed by atoms with Gasteiger partial charge in [-0.05, 0) is 12.0 Å². The fourth-order valence-corrected chi connectivity index (χ4v) is 2.07. The minimum Gasteiger partial charge on any atom is -0.375 e. The lowest BCUT2D eigenvalue weighted by atomic mass is 10.1. The summed E-state index contributed by atoms with van der Waals surface area (Å²) in [5.41, 5.74) is 1.18. The van der Waals surface area contributed by atoms with E-state index in [1.165, 1.54) is 18.4 Å². The topological polar surface area (TPSA) is 36.9 Å². The second kappa shape index (κ2) is 9.37. The van der Waals surface area contributed by atoms with E-state index in [0.29, 0.717) is 6.54 Å². The molecule has 20 heavy (non-hydrogen) atoms. The third kappa shape index (κ3) is 5.21. The lowest BCUT2D eigenvalue weighted by molar-refractivity contribution is 0.106. The van der Waals surface area contributed by atoms with E-state index >= 15 is 0 Å². The molecule has 0 aliphatic carbocycles. The Balaban J connectivity index is 2.54. The average molecular weight is 277 g/mol. The van der Waals surface area contributed by atoms with Crippen LogP contribution in [0.3, 0.4) is 0 Å². The summed E-state index contributed by atoms with van der Waals surface area (Å²) in [5, 5.41) is 3.38. The number of nitrogens with zero attached hydrogens (tertiary/aromatic N) is 2. The maximum Gasteiger partial charge on any atom is 0.193 e. The summed E-state index contributed by atoms with van der Waals surface area (Å²) in [4.78, 5) is 6.47. The van der Waals surface area contributed by atoms with Crippen LogP contribution in [0.5, 0.6) is 0 Å². The second-order valence-corrected chi connectivity index (χ2v) is 4.84. The molecule has 1 rings (SSSR count). The summed E-state index contributed by atoms with van der Waals surface area (Å²) in [5.74, 6) is 0.913. The van der Waals surface area contributed by atoms with E-state index in [1.807, 2.05) is 25.2 Å².